The molecule has 0 fully saturated rings. The van der Waals surface area contributed by atoms with E-state index in [1.807, 2.05) is 34.0 Å². The van der Waals surface area contributed by atoms with Crippen LogP contribution in [0.3, 0.4) is 0 Å². The van der Waals surface area contributed by atoms with Crippen molar-refractivity contribution in [1.82, 2.24) is 14.7 Å². The Hall–Kier alpha value is -1.56. The van der Waals surface area contributed by atoms with Gasteiger partial charge in [-0.3, -0.25) is 4.68 Å². The summed E-state index contributed by atoms with van der Waals surface area (Å²) < 4.78 is 6.95. The maximum Gasteiger partial charge on any atom is 0.410 e. The van der Waals surface area contributed by atoms with Crippen molar-refractivity contribution in [1.29, 1.82) is 0 Å². The Balaban J connectivity index is 2.67. The number of aliphatic hydroxyl groups excluding tert-OH is 1. The second-order valence-electron chi connectivity index (χ2n) is 5.15. The highest BCUT2D eigenvalue weighted by atomic mass is 16.6. The first-order valence-electron chi connectivity index (χ1n) is 5.88. The lowest BCUT2D eigenvalue weighted by Crippen LogP contribution is -2.38. The van der Waals surface area contributed by atoms with Gasteiger partial charge in [0.05, 0.1) is 19.3 Å². The van der Waals surface area contributed by atoms with Crippen LogP contribution in [0.5, 0.6) is 0 Å². The Kier molecular flexibility index (Phi) is 4.72. The van der Waals surface area contributed by atoms with Gasteiger partial charge in [-0.2, -0.15) is 5.10 Å². The zero-order valence-electron chi connectivity index (χ0n) is 11.4. The maximum absolute atomic E-state index is 11.9. The van der Waals surface area contributed by atoms with Crippen LogP contribution in [0.1, 0.15) is 26.3 Å². The number of hydrogen-bond donors (Lipinski definition) is 1. The summed E-state index contributed by atoms with van der Waals surface area (Å²) in [5, 5.41) is 13.0. The fraction of sp³-hybridized carbons (Fsp3) is 0.667. The van der Waals surface area contributed by atoms with Crippen molar-refractivity contribution < 1.29 is 14.6 Å². The first-order chi connectivity index (χ1) is 8.31. The van der Waals surface area contributed by atoms with E-state index in [2.05, 4.69) is 5.10 Å². The molecule has 1 heterocycles. The number of aryl methyl sites for hydroxylation is 1. The number of carbonyl (C=O) groups excluding carboxylic acids is 1. The summed E-state index contributed by atoms with van der Waals surface area (Å²) in [5.74, 6) is 0. The maximum atomic E-state index is 11.9. The third kappa shape index (κ3) is 4.75. The van der Waals surface area contributed by atoms with E-state index < -0.39 is 11.7 Å². The Labute approximate surface area is 107 Å². The molecule has 0 bridgehead atoms. The van der Waals surface area contributed by atoms with Crippen LogP contribution in [0.15, 0.2) is 12.4 Å². The largest absolute Gasteiger partial charge is 0.444 e. The van der Waals surface area contributed by atoms with Crippen LogP contribution in [0, 0.1) is 0 Å². The van der Waals surface area contributed by atoms with Gasteiger partial charge in [0.2, 0.25) is 0 Å². The summed E-state index contributed by atoms with van der Waals surface area (Å²) >= 11 is 0. The zero-order chi connectivity index (χ0) is 13.8. The first-order valence-corrected chi connectivity index (χ1v) is 5.88. The molecule has 0 aliphatic carbocycles. The minimum atomic E-state index is -0.542. The predicted molar refractivity (Wildman–Crippen MR) is 66.9 cm³/mol. The molecular weight excluding hydrogens is 234 g/mol. The van der Waals surface area contributed by atoms with E-state index in [1.54, 1.807) is 10.9 Å². The number of amides is 1. The molecule has 102 valence electrons. The summed E-state index contributed by atoms with van der Waals surface area (Å²) in [5.41, 5.74) is 0.358. The molecule has 6 nitrogen and oxygen atoms in total. The molecule has 0 saturated heterocycles. The summed E-state index contributed by atoms with van der Waals surface area (Å²) in [7, 11) is 1.81. The van der Waals surface area contributed by atoms with Crippen molar-refractivity contribution in [2.24, 2.45) is 7.05 Å². The van der Waals surface area contributed by atoms with Gasteiger partial charge in [-0.1, -0.05) is 0 Å². The van der Waals surface area contributed by atoms with Crippen molar-refractivity contribution in [2.75, 3.05) is 13.2 Å². The molecule has 6 heteroatoms. The molecule has 0 aromatic carbocycles. The van der Waals surface area contributed by atoms with Gasteiger partial charge in [-0.05, 0) is 20.8 Å². The number of carbonyl (C=O) groups is 1. The number of nitrogens with zero attached hydrogens (tertiary/aromatic N) is 3. The molecule has 0 aliphatic rings. The molecule has 0 spiro atoms. The molecule has 0 saturated carbocycles. The number of hydrogen-bond acceptors (Lipinski definition) is 4. The van der Waals surface area contributed by atoms with Crippen molar-refractivity contribution in [2.45, 2.75) is 32.9 Å². The summed E-state index contributed by atoms with van der Waals surface area (Å²) in [6, 6.07) is 0. The number of rotatable bonds is 4. The lowest BCUT2D eigenvalue weighted by atomic mass is 10.2. The van der Waals surface area contributed by atoms with Crippen LogP contribution in [0.4, 0.5) is 4.79 Å². The van der Waals surface area contributed by atoms with Crippen LogP contribution < -0.4 is 0 Å². The molecule has 1 aromatic rings. The van der Waals surface area contributed by atoms with Crippen LogP contribution in [0.2, 0.25) is 0 Å². The second-order valence-corrected chi connectivity index (χ2v) is 5.15. The molecule has 0 unspecified atom stereocenters. The van der Waals surface area contributed by atoms with Crippen LogP contribution in [-0.4, -0.2) is 44.6 Å². The van der Waals surface area contributed by atoms with Crippen LogP contribution in [0.25, 0.3) is 0 Å². The minimum Gasteiger partial charge on any atom is -0.444 e. The topological polar surface area (TPSA) is 67.6 Å². The highest BCUT2D eigenvalue weighted by Gasteiger charge is 2.22. The molecule has 1 aromatic heterocycles. The fourth-order valence-electron chi connectivity index (χ4n) is 1.46. The van der Waals surface area contributed by atoms with E-state index in [1.165, 1.54) is 4.90 Å². The molecule has 0 atom stereocenters. The zero-order valence-corrected chi connectivity index (χ0v) is 11.4. The summed E-state index contributed by atoms with van der Waals surface area (Å²) in [6.45, 7) is 5.96. The lowest BCUT2D eigenvalue weighted by Gasteiger charge is -2.26. The van der Waals surface area contributed by atoms with Gasteiger partial charge in [-0.25, -0.2) is 4.79 Å². The van der Waals surface area contributed by atoms with Gasteiger partial charge in [0.25, 0.3) is 0 Å². The van der Waals surface area contributed by atoms with E-state index in [9.17, 15) is 4.79 Å². The Morgan fingerprint density at radius 3 is 2.67 bits per heavy atom. The van der Waals surface area contributed by atoms with E-state index in [0.717, 1.165) is 5.56 Å². The molecule has 0 radical (unpaired) electrons. The Morgan fingerprint density at radius 2 is 2.22 bits per heavy atom. The van der Waals surface area contributed by atoms with E-state index in [0.29, 0.717) is 6.54 Å². The SMILES string of the molecule is Cn1cc(CN(CCO)C(=O)OC(C)(C)C)cn1. The van der Waals surface area contributed by atoms with Gasteiger partial charge in [0.1, 0.15) is 5.60 Å². The van der Waals surface area contributed by atoms with Crippen molar-refractivity contribution >= 4 is 6.09 Å². The van der Waals surface area contributed by atoms with E-state index in [4.69, 9.17) is 9.84 Å². The highest BCUT2D eigenvalue weighted by molar-refractivity contribution is 5.68. The average Bonchev–Trinajstić information content (AvgIpc) is 2.61. The predicted octanol–water partition coefficient (Wildman–Crippen LogP) is 1.15. The molecule has 0 aliphatic heterocycles. The molecule has 1 N–H and O–H groups in total. The smallest absolute Gasteiger partial charge is 0.410 e. The summed E-state index contributed by atoms with van der Waals surface area (Å²) in [4.78, 5) is 13.4. The summed E-state index contributed by atoms with van der Waals surface area (Å²) in [6.07, 6.45) is 3.09. The number of aliphatic hydroxyl groups is 1. The van der Waals surface area contributed by atoms with Gasteiger partial charge in [-0.15, -0.1) is 0 Å². The quantitative estimate of drug-likeness (QED) is 0.876. The van der Waals surface area contributed by atoms with Gasteiger partial charge in [0.15, 0.2) is 0 Å². The third-order valence-corrected chi connectivity index (χ3v) is 2.15. The molecule has 18 heavy (non-hydrogen) atoms. The van der Waals surface area contributed by atoms with Crippen LogP contribution in [-0.2, 0) is 18.3 Å². The van der Waals surface area contributed by atoms with Gasteiger partial charge in [0, 0.05) is 25.4 Å². The Bertz CT molecular complexity index is 396. The minimum absolute atomic E-state index is 0.0977. The molecule has 1 amide bonds. The van der Waals surface area contributed by atoms with E-state index >= 15 is 0 Å². The monoisotopic (exact) mass is 255 g/mol. The number of aromatic nitrogens is 2. The second kappa shape index (κ2) is 5.86. The standard InChI is InChI=1S/C12H21N3O3/c1-12(2,3)18-11(17)15(5-6-16)9-10-7-13-14(4)8-10/h7-8,16H,5-6,9H2,1-4H3. The van der Waals surface area contributed by atoms with Crippen molar-refractivity contribution in [3.05, 3.63) is 18.0 Å². The van der Waals surface area contributed by atoms with Gasteiger partial charge >= 0.3 is 6.09 Å². The molecule has 1 rings (SSSR count). The number of ether oxygens (including phenoxy) is 1. The van der Waals surface area contributed by atoms with E-state index in [-0.39, 0.29) is 13.2 Å². The Morgan fingerprint density at radius 1 is 1.56 bits per heavy atom. The normalized spacial score (nSPS) is 11.4. The third-order valence-electron chi connectivity index (χ3n) is 2.15. The molecular formula is C12H21N3O3. The van der Waals surface area contributed by atoms with Crippen molar-refractivity contribution in [3.8, 4) is 0 Å². The average molecular weight is 255 g/mol. The lowest BCUT2D eigenvalue weighted by molar-refractivity contribution is 0.0201. The first kappa shape index (κ1) is 14.5. The van der Waals surface area contributed by atoms with Crippen LogP contribution >= 0.6 is 0 Å². The fourth-order valence-corrected chi connectivity index (χ4v) is 1.46. The van der Waals surface area contributed by atoms with Gasteiger partial charge < -0.3 is 14.7 Å². The van der Waals surface area contributed by atoms with Crippen molar-refractivity contribution in [3.63, 3.8) is 0 Å². The highest BCUT2D eigenvalue weighted by Crippen LogP contribution is 2.12.